The summed E-state index contributed by atoms with van der Waals surface area (Å²) in [6, 6.07) is 10.1. The Bertz CT molecular complexity index is 745. The van der Waals surface area contributed by atoms with Crippen molar-refractivity contribution >= 4 is 17.2 Å². The third-order valence-corrected chi connectivity index (χ3v) is 6.44. The summed E-state index contributed by atoms with van der Waals surface area (Å²) in [7, 11) is 0. The molecule has 25 heavy (non-hydrogen) atoms. The molecule has 1 aromatic carbocycles. The maximum Gasteiger partial charge on any atom is 0.251 e. The van der Waals surface area contributed by atoms with Gasteiger partial charge in [0.1, 0.15) is 5.75 Å². The number of piperidine rings is 3. The molecule has 3 saturated heterocycles. The molecular weight excluding hydrogens is 332 g/mol. The molecule has 132 valence electrons. The van der Waals surface area contributed by atoms with Gasteiger partial charge in [0.2, 0.25) is 0 Å². The van der Waals surface area contributed by atoms with Crippen LogP contribution in [0.4, 0.5) is 0 Å². The summed E-state index contributed by atoms with van der Waals surface area (Å²) in [6.45, 7) is 6.63. The minimum absolute atomic E-state index is 0.0177. The highest BCUT2D eigenvalue weighted by Gasteiger charge is 2.40. The van der Waals surface area contributed by atoms with Crippen molar-refractivity contribution in [2.24, 2.45) is 5.92 Å². The zero-order valence-corrected chi connectivity index (χ0v) is 15.5. The number of ether oxygens (including phenoxy) is 1. The van der Waals surface area contributed by atoms with Crippen LogP contribution in [0.15, 0.2) is 35.7 Å². The number of nitrogens with one attached hydrogen (secondary N) is 1. The number of hydrogen-bond acceptors (Lipinski definition) is 4. The van der Waals surface area contributed by atoms with Crippen LogP contribution in [-0.4, -0.2) is 36.0 Å². The van der Waals surface area contributed by atoms with E-state index in [0.717, 1.165) is 10.8 Å². The first-order valence-corrected chi connectivity index (χ1v) is 9.86. The molecule has 0 saturated carbocycles. The van der Waals surface area contributed by atoms with Crippen LogP contribution >= 0.6 is 11.3 Å². The predicted octanol–water partition coefficient (Wildman–Crippen LogP) is 4.06. The van der Waals surface area contributed by atoms with Crippen molar-refractivity contribution in [1.82, 2.24) is 10.2 Å². The van der Waals surface area contributed by atoms with Gasteiger partial charge in [0.25, 0.3) is 5.91 Å². The topological polar surface area (TPSA) is 41.6 Å². The van der Waals surface area contributed by atoms with E-state index >= 15 is 0 Å². The van der Waals surface area contributed by atoms with E-state index in [0.29, 0.717) is 17.5 Å². The lowest BCUT2D eigenvalue weighted by Crippen LogP contribution is -2.62. The molecule has 1 N–H and O–H groups in total. The van der Waals surface area contributed by atoms with Gasteiger partial charge in [0.05, 0.1) is 0 Å². The molecule has 5 heteroatoms. The fourth-order valence-corrected chi connectivity index (χ4v) is 4.80. The Balaban J connectivity index is 1.40. The first-order valence-electron chi connectivity index (χ1n) is 8.98. The summed E-state index contributed by atoms with van der Waals surface area (Å²) >= 11 is 1.58. The molecule has 2 aromatic rings. The molecule has 1 aromatic heterocycles. The molecule has 3 aliphatic heterocycles. The van der Waals surface area contributed by atoms with Crippen LogP contribution in [0.2, 0.25) is 0 Å². The number of carbonyl (C=O) groups is 1. The second-order valence-electron chi connectivity index (χ2n) is 7.18. The Morgan fingerprint density at radius 1 is 1.24 bits per heavy atom. The van der Waals surface area contributed by atoms with Crippen LogP contribution in [0, 0.1) is 12.8 Å². The van der Waals surface area contributed by atoms with Crippen LogP contribution < -0.4 is 10.1 Å². The van der Waals surface area contributed by atoms with E-state index in [1.165, 1.54) is 31.5 Å². The van der Waals surface area contributed by atoms with Crippen LogP contribution in [-0.2, 0) is 0 Å². The molecule has 5 rings (SSSR count). The molecule has 2 unspecified atom stereocenters. The lowest BCUT2D eigenvalue weighted by atomic mass is 9.79. The molecule has 3 fully saturated rings. The quantitative estimate of drug-likeness (QED) is 0.898. The van der Waals surface area contributed by atoms with E-state index in [2.05, 4.69) is 22.5 Å². The fraction of sp³-hybridized carbons (Fsp3) is 0.450. The Morgan fingerprint density at radius 2 is 1.96 bits per heavy atom. The van der Waals surface area contributed by atoms with Crippen molar-refractivity contribution < 1.29 is 9.53 Å². The van der Waals surface area contributed by atoms with Gasteiger partial charge in [-0.1, -0.05) is 0 Å². The van der Waals surface area contributed by atoms with Crippen LogP contribution in [0.25, 0.3) is 0 Å². The zero-order valence-electron chi connectivity index (χ0n) is 14.7. The largest absolute Gasteiger partial charge is 0.447 e. The van der Waals surface area contributed by atoms with Crippen LogP contribution in [0.3, 0.4) is 0 Å². The first-order chi connectivity index (χ1) is 12.1. The predicted molar refractivity (Wildman–Crippen MR) is 101 cm³/mol. The molecule has 2 atom stereocenters. The highest BCUT2D eigenvalue weighted by atomic mass is 32.1. The summed E-state index contributed by atoms with van der Waals surface area (Å²) in [6.07, 6.45) is 2.39. The number of aryl methyl sites for hydroxylation is 1. The maximum absolute atomic E-state index is 12.6. The van der Waals surface area contributed by atoms with Gasteiger partial charge in [-0.25, -0.2) is 0 Å². The third-order valence-electron chi connectivity index (χ3n) is 5.52. The summed E-state index contributed by atoms with van der Waals surface area (Å²) in [5.41, 5.74) is 1.89. The number of hydrogen-bond donors (Lipinski definition) is 1. The maximum atomic E-state index is 12.6. The third kappa shape index (κ3) is 3.44. The summed E-state index contributed by atoms with van der Waals surface area (Å²) in [5.74, 6) is 1.40. The van der Waals surface area contributed by atoms with Crippen LogP contribution in [0.1, 0.15) is 35.7 Å². The van der Waals surface area contributed by atoms with Gasteiger partial charge in [-0.2, -0.15) is 0 Å². The summed E-state index contributed by atoms with van der Waals surface area (Å²) in [4.78, 5) is 15.1. The van der Waals surface area contributed by atoms with E-state index in [9.17, 15) is 4.79 Å². The Hall–Kier alpha value is -1.85. The number of nitrogens with zero attached hydrogens (tertiary/aromatic N) is 1. The van der Waals surface area contributed by atoms with Crippen molar-refractivity contribution in [2.75, 3.05) is 13.1 Å². The lowest BCUT2D eigenvalue weighted by molar-refractivity contribution is 0.0217. The van der Waals surface area contributed by atoms with Crippen molar-refractivity contribution in [3.05, 3.63) is 46.8 Å². The van der Waals surface area contributed by atoms with Crippen molar-refractivity contribution in [2.45, 2.75) is 38.8 Å². The summed E-state index contributed by atoms with van der Waals surface area (Å²) < 4.78 is 5.82. The van der Waals surface area contributed by atoms with Gasteiger partial charge in [-0.3, -0.25) is 9.69 Å². The molecule has 2 bridgehead atoms. The first kappa shape index (κ1) is 16.6. The minimum Gasteiger partial charge on any atom is -0.447 e. The lowest BCUT2D eigenvalue weighted by Gasteiger charge is -2.49. The molecule has 0 aliphatic carbocycles. The molecule has 0 radical (unpaired) electrons. The SMILES string of the molecule is Cc1csc(Oc2ccc(C(=O)NC3C4CCN(CC4)C3C)cc2)c1. The molecule has 4 nitrogen and oxygen atoms in total. The van der Waals surface area contributed by atoms with Gasteiger partial charge in [-0.05, 0) is 87.0 Å². The van der Waals surface area contributed by atoms with Gasteiger partial charge in [0, 0.05) is 17.6 Å². The zero-order chi connectivity index (χ0) is 17.4. The molecule has 1 amide bonds. The van der Waals surface area contributed by atoms with E-state index in [-0.39, 0.29) is 11.9 Å². The standard InChI is InChI=1S/C20H24N2O2S/c1-13-11-18(25-12-13)24-17-5-3-16(4-6-17)20(23)21-19-14(2)22-9-7-15(19)8-10-22/h3-6,11-12,14-15,19H,7-10H2,1-2H3,(H,21,23). The molecule has 4 heterocycles. The normalized spacial score (nSPS) is 27.9. The van der Waals surface area contributed by atoms with Gasteiger partial charge in [-0.15, -0.1) is 11.3 Å². The number of fused-ring (bicyclic) bond motifs is 3. The minimum atomic E-state index is 0.0177. The van der Waals surface area contributed by atoms with E-state index in [1.54, 1.807) is 11.3 Å². The van der Waals surface area contributed by atoms with Crippen LogP contribution in [0.5, 0.6) is 10.8 Å². The number of benzene rings is 1. The van der Waals surface area contributed by atoms with Crippen molar-refractivity contribution in [1.29, 1.82) is 0 Å². The number of thiophene rings is 1. The molecule has 3 aliphatic rings. The highest BCUT2D eigenvalue weighted by Crippen LogP contribution is 2.32. The smallest absolute Gasteiger partial charge is 0.251 e. The second kappa shape index (κ2) is 6.81. The van der Waals surface area contributed by atoms with E-state index in [4.69, 9.17) is 4.74 Å². The van der Waals surface area contributed by atoms with Gasteiger partial charge >= 0.3 is 0 Å². The van der Waals surface area contributed by atoms with E-state index in [1.807, 2.05) is 37.3 Å². The van der Waals surface area contributed by atoms with E-state index < -0.39 is 0 Å². The highest BCUT2D eigenvalue weighted by molar-refractivity contribution is 7.12. The Morgan fingerprint density at radius 3 is 2.56 bits per heavy atom. The van der Waals surface area contributed by atoms with Gasteiger partial charge < -0.3 is 10.1 Å². The van der Waals surface area contributed by atoms with Crippen molar-refractivity contribution in [3.8, 4) is 10.8 Å². The van der Waals surface area contributed by atoms with Gasteiger partial charge in [0.15, 0.2) is 5.06 Å². The monoisotopic (exact) mass is 356 g/mol. The Labute approximate surface area is 152 Å². The average molecular weight is 356 g/mol. The second-order valence-corrected chi connectivity index (χ2v) is 8.06. The molecular formula is C20H24N2O2S. The number of rotatable bonds is 4. The summed E-state index contributed by atoms with van der Waals surface area (Å²) in [5, 5.41) is 6.20. The Kier molecular flexibility index (Phi) is 4.52. The fourth-order valence-electron chi connectivity index (χ4n) is 4.03. The molecule has 0 spiro atoms. The van der Waals surface area contributed by atoms with Crippen molar-refractivity contribution in [3.63, 3.8) is 0 Å². The number of carbonyl (C=O) groups excluding carboxylic acids is 1. The average Bonchev–Trinajstić information content (AvgIpc) is 3.04. The number of amides is 1.